The first-order chi connectivity index (χ1) is 9.54. The van der Waals surface area contributed by atoms with Gasteiger partial charge in [-0.25, -0.2) is 4.79 Å². The zero-order valence-electron chi connectivity index (χ0n) is 10.8. The molecule has 106 valence electrons. The summed E-state index contributed by atoms with van der Waals surface area (Å²) in [6.45, 7) is 2.52. The molecule has 1 atom stereocenters. The molecule has 0 saturated carbocycles. The molecule has 0 aromatic heterocycles. The standard InChI is InChI=1S/C12H15N5O3/c13-8-3-9(5-10(4-8)17(19)20)15-1-2-16-11(7-15)6-14-12(16)18/h3-5,11H,1-2,6-7,13H2,(H,14,18). The Hall–Kier alpha value is -2.51. The van der Waals surface area contributed by atoms with Gasteiger partial charge in [0.1, 0.15) is 0 Å². The minimum absolute atomic E-state index is 0.0111. The van der Waals surface area contributed by atoms with Crippen LogP contribution in [0.4, 0.5) is 21.9 Å². The van der Waals surface area contributed by atoms with Crippen LogP contribution in [-0.2, 0) is 0 Å². The van der Waals surface area contributed by atoms with Crippen molar-refractivity contribution in [3.8, 4) is 0 Å². The molecule has 0 aliphatic carbocycles. The van der Waals surface area contributed by atoms with E-state index >= 15 is 0 Å². The van der Waals surface area contributed by atoms with E-state index in [1.165, 1.54) is 12.1 Å². The Labute approximate surface area is 115 Å². The number of nitrogen functional groups attached to an aromatic ring is 1. The Morgan fingerprint density at radius 2 is 2.15 bits per heavy atom. The Morgan fingerprint density at radius 1 is 1.35 bits per heavy atom. The number of rotatable bonds is 2. The summed E-state index contributed by atoms with van der Waals surface area (Å²) in [5.41, 5.74) is 6.82. The first-order valence-corrected chi connectivity index (χ1v) is 6.39. The maximum Gasteiger partial charge on any atom is 0.317 e. The summed E-state index contributed by atoms with van der Waals surface area (Å²) in [5.74, 6) is 0. The van der Waals surface area contributed by atoms with Gasteiger partial charge in [0.25, 0.3) is 5.69 Å². The second kappa shape index (κ2) is 4.55. The van der Waals surface area contributed by atoms with Gasteiger partial charge in [-0.05, 0) is 6.07 Å². The Bertz CT molecular complexity index is 576. The minimum Gasteiger partial charge on any atom is -0.398 e. The van der Waals surface area contributed by atoms with Crippen LogP contribution in [0.15, 0.2) is 18.2 Å². The molecule has 2 aliphatic rings. The van der Waals surface area contributed by atoms with Crippen molar-refractivity contribution >= 4 is 23.1 Å². The van der Waals surface area contributed by atoms with E-state index in [2.05, 4.69) is 5.32 Å². The molecule has 2 amide bonds. The van der Waals surface area contributed by atoms with E-state index < -0.39 is 4.92 Å². The lowest BCUT2D eigenvalue weighted by Crippen LogP contribution is -2.52. The highest BCUT2D eigenvalue weighted by Crippen LogP contribution is 2.27. The molecule has 8 heteroatoms. The number of urea groups is 1. The lowest BCUT2D eigenvalue weighted by molar-refractivity contribution is -0.384. The normalized spacial score (nSPS) is 21.6. The van der Waals surface area contributed by atoms with E-state index in [1.807, 2.05) is 4.90 Å². The van der Waals surface area contributed by atoms with Crippen molar-refractivity contribution in [3.63, 3.8) is 0 Å². The smallest absolute Gasteiger partial charge is 0.317 e. The molecule has 1 aromatic rings. The number of nitro groups is 1. The number of carbonyl (C=O) groups is 1. The number of nitrogens with two attached hydrogens (primary N) is 1. The van der Waals surface area contributed by atoms with E-state index in [0.717, 1.165) is 5.69 Å². The molecule has 20 heavy (non-hydrogen) atoms. The SMILES string of the molecule is Nc1cc(N2CCN3C(=O)NCC3C2)cc([N+](=O)[O-])c1. The van der Waals surface area contributed by atoms with Crippen molar-refractivity contribution < 1.29 is 9.72 Å². The summed E-state index contributed by atoms with van der Waals surface area (Å²) in [5, 5.41) is 13.7. The van der Waals surface area contributed by atoms with Gasteiger partial charge in [-0.15, -0.1) is 0 Å². The third-order valence-electron chi connectivity index (χ3n) is 3.73. The molecule has 0 bridgehead atoms. The van der Waals surface area contributed by atoms with Gasteiger partial charge in [-0.3, -0.25) is 10.1 Å². The third-order valence-corrected chi connectivity index (χ3v) is 3.73. The van der Waals surface area contributed by atoms with Gasteiger partial charge in [0.15, 0.2) is 0 Å². The molecule has 2 heterocycles. The van der Waals surface area contributed by atoms with Crippen molar-refractivity contribution in [2.75, 3.05) is 36.8 Å². The number of fused-ring (bicyclic) bond motifs is 1. The molecule has 8 nitrogen and oxygen atoms in total. The van der Waals surface area contributed by atoms with E-state index in [-0.39, 0.29) is 17.8 Å². The maximum atomic E-state index is 11.5. The second-order valence-corrected chi connectivity index (χ2v) is 5.02. The van der Waals surface area contributed by atoms with E-state index in [4.69, 9.17) is 5.73 Å². The number of nitro benzene ring substituents is 1. The molecular weight excluding hydrogens is 262 g/mol. The first kappa shape index (κ1) is 12.5. The number of hydrogen-bond donors (Lipinski definition) is 2. The number of non-ortho nitro benzene ring substituents is 1. The molecule has 2 saturated heterocycles. The fraction of sp³-hybridized carbons (Fsp3) is 0.417. The van der Waals surface area contributed by atoms with Gasteiger partial charge >= 0.3 is 6.03 Å². The summed E-state index contributed by atoms with van der Waals surface area (Å²) >= 11 is 0. The highest BCUT2D eigenvalue weighted by Gasteiger charge is 2.35. The van der Waals surface area contributed by atoms with Crippen molar-refractivity contribution in [1.29, 1.82) is 0 Å². The van der Waals surface area contributed by atoms with Gasteiger partial charge in [0.2, 0.25) is 0 Å². The monoisotopic (exact) mass is 277 g/mol. The number of amides is 2. The number of nitrogens with zero attached hydrogens (tertiary/aromatic N) is 3. The number of anilines is 2. The van der Waals surface area contributed by atoms with Gasteiger partial charge < -0.3 is 20.9 Å². The van der Waals surface area contributed by atoms with Crippen LogP contribution in [0.3, 0.4) is 0 Å². The van der Waals surface area contributed by atoms with Crippen LogP contribution in [0.2, 0.25) is 0 Å². The molecule has 2 aliphatic heterocycles. The quantitative estimate of drug-likeness (QED) is 0.462. The van der Waals surface area contributed by atoms with E-state index in [1.54, 1.807) is 11.0 Å². The lowest BCUT2D eigenvalue weighted by Gasteiger charge is -2.37. The number of nitrogens with one attached hydrogen (secondary N) is 1. The first-order valence-electron chi connectivity index (χ1n) is 6.39. The van der Waals surface area contributed by atoms with Crippen molar-refractivity contribution in [2.45, 2.75) is 6.04 Å². The van der Waals surface area contributed by atoms with Crippen LogP contribution in [0.25, 0.3) is 0 Å². The predicted molar refractivity (Wildman–Crippen MR) is 73.6 cm³/mol. The number of piperazine rings is 1. The average molecular weight is 277 g/mol. The average Bonchev–Trinajstić information content (AvgIpc) is 2.79. The highest BCUT2D eigenvalue weighted by molar-refractivity contribution is 5.77. The van der Waals surface area contributed by atoms with Crippen molar-refractivity contribution in [1.82, 2.24) is 10.2 Å². The maximum absolute atomic E-state index is 11.5. The fourth-order valence-corrected chi connectivity index (χ4v) is 2.74. The third kappa shape index (κ3) is 2.09. The number of hydrogen-bond acceptors (Lipinski definition) is 5. The van der Waals surface area contributed by atoms with Gasteiger partial charge in [0, 0.05) is 49.7 Å². The largest absolute Gasteiger partial charge is 0.398 e. The van der Waals surface area contributed by atoms with Crippen LogP contribution >= 0.6 is 0 Å². The lowest BCUT2D eigenvalue weighted by atomic mass is 10.1. The van der Waals surface area contributed by atoms with Gasteiger partial charge in [0.05, 0.1) is 11.0 Å². The number of carbonyl (C=O) groups excluding carboxylic acids is 1. The number of benzene rings is 1. The Balaban J connectivity index is 1.83. The Kier molecular flexibility index (Phi) is 2.85. The molecule has 1 aromatic carbocycles. The fourth-order valence-electron chi connectivity index (χ4n) is 2.74. The van der Waals surface area contributed by atoms with Crippen molar-refractivity contribution in [3.05, 3.63) is 28.3 Å². The van der Waals surface area contributed by atoms with Crippen LogP contribution in [0.5, 0.6) is 0 Å². The van der Waals surface area contributed by atoms with E-state index in [9.17, 15) is 14.9 Å². The molecular formula is C12H15N5O3. The molecule has 1 unspecified atom stereocenters. The topological polar surface area (TPSA) is 105 Å². The van der Waals surface area contributed by atoms with Gasteiger partial charge in [-0.2, -0.15) is 0 Å². The van der Waals surface area contributed by atoms with Gasteiger partial charge in [-0.1, -0.05) is 0 Å². The molecule has 0 spiro atoms. The molecule has 0 radical (unpaired) electrons. The van der Waals surface area contributed by atoms with Crippen LogP contribution in [0, 0.1) is 10.1 Å². The minimum atomic E-state index is -0.448. The summed E-state index contributed by atoms with van der Waals surface area (Å²) < 4.78 is 0. The van der Waals surface area contributed by atoms with Crippen LogP contribution < -0.4 is 16.0 Å². The van der Waals surface area contributed by atoms with Crippen LogP contribution in [-0.4, -0.2) is 48.1 Å². The second-order valence-electron chi connectivity index (χ2n) is 5.02. The molecule has 3 rings (SSSR count). The predicted octanol–water partition coefficient (Wildman–Crippen LogP) is 0.391. The van der Waals surface area contributed by atoms with E-state index in [0.29, 0.717) is 31.9 Å². The Morgan fingerprint density at radius 3 is 2.90 bits per heavy atom. The summed E-state index contributed by atoms with van der Waals surface area (Å²) in [6.07, 6.45) is 0. The summed E-state index contributed by atoms with van der Waals surface area (Å²) in [7, 11) is 0. The molecule has 2 fully saturated rings. The summed E-state index contributed by atoms with van der Waals surface area (Å²) in [6, 6.07) is 4.67. The molecule has 3 N–H and O–H groups in total. The zero-order chi connectivity index (χ0) is 14.3. The highest BCUT2D eigenvalue weighted by atomic mass is 16.6. The summed E-state index contributed by atoms with van der Waals surface area (Å²) in [4.78, 5) is 25.8. The van der Waals surface area contributed by atoms with Crippen molar-refractivity contribution in [2.24, 2.45) is 0 Å². The zero-order valence-corrected chi connectivity index (χ0v) is 10.8. The van der Waals surface area contributed by atoms with Crippen LogP contribution in [0.1, 0.15) is 0 Å².